The van der Waals surface area contributed by atoms with Crippen LogP contribution in [0.3, 0.4) is 0 Å². The topological polar surface area (TPSA) is 60.9 Å². The Morgan fingerprint density at radius 3 is 2.39 bits per heavy atom. The number of carbonyl (C=O) groups excluding carboxylic acids is 1. The summed E-state index contributed by atoms with van der Waals surface area (Å²) < 4.78 is 15.9. The highest BCUT2D eigenvalue weighted by Crippen LogP contribution is 2.31. The molecule has 0 unspecified atom stereocenters. The van der Waals surface area contributed by atoms with Gasteiger partial charge in [-0.25, -0.2) is 4.98 Å². The fourth-order valence-corrected chi connectivity index (χ4v) is 2.30. The van der Waals surface area contributed by atoms with Crippen molar-refractivity contribution in [2.75, 3.05) is 28.4 Å². The molecule has 122 valence electrons. The van der Waals surface area contributed by atoms with Gasteiger partial charge in [0.05, 0.1) is 21.3 Å². The normalized spacial score (nSPS) is 10.1. The minimum Gasteiger partial charge on any atom is -0.494 e. The average molecular weight is 316 g/mol. The second kappa shape index (κ2) is 7.49. The zero-order valence-corrected chi connectivity index (χ0v) is 13.7. The molecule has 6 nitrogen and oxygen atoms in total. The van der Waals surface area contributed by atoms with E-state index in [4.69, 9.17) is 14.2 Å². The van der Waals surface area contributed by atoms with Crippen molar-refractivity contribution in [3.63, 3.8) is 0 Å². The van der Waals surface area contributed by atoms with E-state index >= 15 is 0 Å². The molecule has 6 heteroatoms. The summed E-state index contributed by atoms with van der Waals surface area (Å²) in [5.74, 6) is 1.46. The Morgan fingerprint density at radius 2 is 1.74 bits per heavy atom. The molecule has 0 saturated carbocycles. The van der Waals surface area contributed by atoms with Gasteiger partial charge in [0.15, 0.2) is 17.2 Å². The summed E-state index contributed by atoms with van der Waals surface area (Å²) in [4.78, 5) is 18.3. The summed E-state index contributed by atoms with van der Waals surface area (Å²) in [6.45, 7) is 0.360. The number of aromatic nitrogens is 1. The molecule has 2 rings (SSSR count). The van der Waals surface area contributed by atoms with Crippen molar-refractivity contribution in [2.45, 2.75) is 6.54 Å². The van der Waals surface area contributed by atoms with E-state index < -0.39 is 0 Å². The first-order valence-corrected chi connectivity index (χ1v) is 7.06. The highest BCUT2D eigenvalue weighted by Gasteiger charge is 2.20. The second-order valence-electron chi connectivity index (χ2n) is 4.87. The molecule has 0 fully saturated rings. The number of carbonyl (C=O) groups is 1. The number of pyridine rings is 1. The third-order valence-corrected chi connectivity index (χ3v) is 3.43. The minimum absolute atomic E-state index is 0.229. The highest BCUT2D eigenvalue weighted by atomic mass is 16.5. The molecule has 1 aromatic carbocycles. The SMILES string of the molecule is COc1cccnc1C(=O)N(C)Cc1cccc(OC)c1OC. The number of hydrogen-bond donors (Lipinski definition) is 0. The van der Waals surface area contributed by atoms with E-state index in [0.717, 1.165) is 5.56 Å². The van der Waals surface area contributed by atoms with Crippen molar-refractivity contribution in [3.05, 3.63) is 47.8 Å². The average Bonchev–Trinajstić information content (AvgIpc) is 2.60. The van der Waals surface area contributed by atoms with Crippen LogP contribution in [0.15, 0.2) is 36.5 Å². The summed E-state index contributed by atoms with van der Waals surface area (Å²) in [6, 6.07) is 8.99. The first-order valence-electron chi connectivity index (χ1n) is 7.06. The summed E-state index contributed by atoms with van der Waals surface area (Å²) in [5, 5.41) is 0. The summed E-state index contributed by atoms with van der Waals surface area (Å²) >= 11 is 0. The van der Waals surface area contributed by atoms with E-state index in [9.17, 15) is 4.79 Å². The maximum atomic E-state index is 12.6. The molecular formula is C17H20N2O4. The van der Waals surface area contributed by atoms with Crippen LogP contribution in [-0.4, -0.2) is 44.2 Å². The Balaban J connectivity index is 2.25. The van der Waals surface area contributed by atoms with Crippen LogP contribution in [0.2, 0.25) is 0 Å². The van der Waals surface area contributed by atoms with Gasteiger partial charge in [0.2, 0.25) is 0 Å². The molecule has 0 saturated heterocycles. The molecular weight excluding hydrogens is 296 g/mol. The number of benzene rings is 1. The molecule has 23 heavy (non-hydrogen) atoms. The molecule has 0 spiro atoms. The lowest BCUT2D eigenvalue weighted by atomic mass is 10.1. The van der Waals surface area contributed by atoms with Gasteiger partial charge in [0.1, 0.15) is 5.75 Å². The maximum Gasteiger partial charge on any atom is 0.276 e. The van der Waals surface area contributed by atoms with Crippen LogP contribution in [0.5, 0.6) is 17.2 Å². The van der Waals surface area contributed by atoms with Crippen molar-refractivity contribution in [2.24, 2.45) is 0 Å². The third-order valence-electron chi connectivity index (χ3n) is 3.43. The van der Waals surface area contributed by atoms with Crippen LogP contribution in [0.25, 0.3) is 0 Å². The van der Waals surface area contributed by atoms with Crippen LogP contribution >= 0.6 is 0 Å². The quantitative estimate of drug-likeness (QED) is 0.819. The standard InChI is InChI=1S/C17H20N2O4/c1-19(17(20)15-13(21-2)9-6-10-18-15)11-12-7-5-8-14(22-3)16(12)23-4/h5-10H,11H2,1-4H3. The predicted molar refractivity (Wildman–Crippen MR) is 86.1 cm³/mol. The molecule has 0 atom stereocenters. The van der Waals surface area contributed by atoms with Gasteiger partial charge in [0, 0.05) is 25.4 Å². The fourth-order valence-electron chi connectivity index (χ4n) is 2.30. The lowest BCUT2D eigenvalue weighted by Crippen LogP contribution is -2.27. The number of para-hydroxylation sites is 1. The molecule has 0 bridgehead atoms. The minimum atomic E-state index is -0.229. The number of hydrogen-bond acceptors (Lipinski definition) is 5. The Bertz CT molecular complexity index is 688. The summed E-state index contributed by atoms with van der Waals surface area (Å²) in [5.41, 5.74) is 1.12. The Kier molecular flexibility index (Phi) is 5.41. The van der Waals surface area contributed by atoms with Gasteiger partial charge in [-0.05, 0) is 18.2 Å². The lowest BCUT2D eigenvalue weighted by Gasteiger charge is -2.20. The number of methoxy groups -OCH3 is 3. The van der Waals surface area contributed by atoms with Gasteiger partial charge in [0.25, 0.3) is 5.91 Å². The van der Waals surface area contributed by atoms with Crippen LogP contribution in [0, 0.1) is 0 Å². The third kappa shape index (κ3) is 3.53. The van der Waals surface area contributed by atoms with Crippen molar-refractivity contribution >= 4 is 5.91 Å². The monoisotopic (exact) mass is 316 g/mol. The molecule has 1 aromatic heterocycles. The molecule has 1 amide bonds. The van der Waals surface area contributed by atoms with E-state index in [2.05, 4.69) is 4.98 Å². The van der Waals surface area contributed by atoms with Crippen LogP contribution in [0.1, 0.15) is 16.1 Å². The second-order valence-corrected chi connectivity index (χ2v) is 4.87. The lowest BCUT2D eigenvalue weighted by molar-refractivity contribution is 0.0774. The first kappa shape index (κ1) is 16.6. The number of amides is 1. The molecule has 0 aliphatic heterocycles. The molecule has 0 N–H and O–H groups in total. The maximum absolute atomic E-state index is 12.6. The van der Waals surface area contributed by atoms with E-state index in [1.54, 1.807) is 44.5 Å². The summed E-state index contributed by atoms with van der Waals surface area (Å²) in [7, 11) is 6.37. The van der Waals surface area contributed by atoms with Crippen LogP contribution in [0.4, 0.5) is 0 Å². The van der Waals surface area contributed by atoms with Crippen LogP contribution in [-0.2, 0) is 6.54 Å². The highest BCUT2D eigenvalue weighted by molar-refractivity contribution is 5.94. The summed E-state index contributed by atoms with van der Waals surface area (Å²) in [6.07, 6.45) is 1.57. The van der Waals surface area contributed by atoms with Gasteiger partial charge < -0.3 is 19.1 Å². The van der Waals surface area contributed by atoms with Crippen molar-refractivity contribution in [1.82, 2.24) is 9.88 Å². The van der Waals surface area contributed by atoms with Crippen molar-refractivity contribution in [3.8, 4) is 17.2 Å². The fraction of sp³-hybridized carbons (Fsp3) is 0.294. The van der Waals surface area contributed by atoms with E-state index in [-0.39, 0.29) is 11.6 Å². The molecule has 1 heterocycles. The van der Waals surface area contributed by atoms with Crippen molar-refractivity contribution in [1.29, 1.82) is 0 Å². The van der Waals surface area contributed by atoms with E-state index in [0.29, 0.717) is 23.8 Å². The van der Waals surface area contributed by atoms with Gasteiger partial charge in [-0.2, -0.15) is 0 Å². The zero-order chi connectivity index (χ0) is 16.8. The van der Waals surface area contributed by atoms with E-state index in [1.807, 2.05) is 18.2 Å². The number of nitrogens with zero attached hydrogens (tertiary/aromatic N) is 2. The number of ether oxygens (including phenoxy) is 3. The molecule has 2 aromatic rings. The smallest absolute Gasteiger partial charge is 0.276 e. The predicted octanol–water partition coefficient (Wildman–Crippen LogP) is 2.38. The Morgan fingerprint density at radius 1 is 1.04 bits per heavy atom. The van der Waals surface area contributed by atoms with Gasteiger partial charge in [-0.3, -0.25) is 4.79 Å². The molecule has 0 aliphatic carbocycles. The van der Waals surface area contributed by atoms with Crippen molar-refractivity contribution < 1.29 is 19.0 Å². The largest absolute Gasteiger partial charge is 0.494 e. The van der Waals surface area contributed by atoms with E-state index in [1.165, 1.54) is 7.11 Å². The Hall–Kier alpha value is -2.76. The zero-order valence-electron chi connectivity index (χ0n) is 13.7. The first-order chi connectivity index (χ1) is 11.1. The molecule has 0 aliphatic rings. The number of rotatable bonds is 6. The Labute approximate surface area is 135 Å². The van der Waals surface area contributed by atoms with Gasteiger partial charge in [-0.1, -0.05) is 12.1 Å². The molecule has 0 radical (unpaired) electrons. The van der Waals surface area contributed by atoms with Crippen LogP contribution < -0.4 is 14.2 Å². The van der Waals surface area contributed by atoms with Gasteiger partial charge >= 0.3 is 0 Å². The van der Waals surface area contributed by atoms with Gasteiger partial charge in [-0.15, -0.1) is 0 Å².